The van der Waals surface area contributed by atoms with Crippen molar-refractivity contribution in [3.05, 3.63) is 59.2 Å². The molecule has 1 fully saturated rings. The van der Waals surface area contributed by atoms with Gasteiger partial charge in [-0.3, -0.25) is 14.4 Å². The number of nitrogens with one attached hydrogen (secondary N) is 1. The van der Waals surface area contributed by atoms with Crippen LogP contribution in [0.5, 0.6) is 11.5 Å². The minimum absolute atomic E-state index is 0.00615. The summed E-state index contributed by atoms with van der Waals surface area (Å²) in [7, 11) is 0. The number of esters is 1. The molecule has 2 aromatic carbocycles. The number of piperidine rings is 1. The van der Waals surface area contributed by atoms with E-state index >= 15 is 0 Å². The van der Waals surface area contributed by atoms with Gasteiger partial charge in [0.05, 0.1) is 0 Å². The average molecular weight is 424 g/mol. The summed E-state index contributed by atoms with van der Waals surface area (Å²) in [6.45, 7) is 6.33. The zero-order valence-electron chi connectivity index (χ0n) is 18.1. The molecule has 1 aliphatic heterocycles. The molecule has 2 amide bonds. The average Bonchev–Trinajstić information content (AvgIpc) is 2.73. The lowest BCUT2D eigenvalue weighted by Gasteiger charge is -2.32. The Balaban J connectivity index is 1.46. The maximum atomic E-state index is 12.8. The molecule has 7 heteroatoms. The number of nitrogens with zero attached hydrogens (tertiary/aromatic N) is 1. The summed E-state index contributed by atoms with van der Waals surface area (Å²) in [6.07, 6.45) is 1.34. The number of aryl methyl sites for hydroxylation is 2. The van der Waals surface area contributed by atoms with E-state index in [9.17, 15) is 14.4 Å². The van der Waals surface area contributed by atoms with Crippen LogP contribution < -0.4 is 14.8 Å². The molecule has 0 saturated carbocycles. The van der Waals surface area contributed by atoms with Crippen LogP contribution in [0.2, 0.25) is 0 Å². The van der Waals surface area contributed by atoms with Crippen LogP contribution in [-0.2, 0) is 9.59 Å². The lowest BCUT2D eigenvalue weighted by atomic mass is 10.0. The molecule has 1 heterocycles. The molecule has 0 radical (unpaired) electrons. The van der Waals surface area contributed by atoms with E-state index in [1.807, 2.05) is 32.0 Å². The molecular formula is C24H28N2O5. The van der Waals surface area contributed by atoms with E-state index in [0.29, 0.717) is 43.0 Å². The van der Waals surface area contributed by atoms with Gasteiger partial charge in [0.15, 0.2) is 6.61 Å². The van der Waals surface area contributed by atoms with Gasteiger partial charge in [0.1, 0.15) is 11.5 Å². The van der Waals surface area contributed by atoms with Crippen LogP contribution in [0.25, 0.3) is 0 Å². The summed E-state index contributed by atoms with van der Waals surface area (Å²) in [5.74, 6) is 0.347. The van der Waals surface area contributed by atoms with E-state index < -0.39 is 5.97 Å². The Hall–Kier alpha value is -3.35. The third kappa shape index (κ3) is 6.31. The number of likely N-dealkylation sites (tertiary alicyclic amines) is 1. The second kappa shape index (κ2) is 10.1. The van der Waals surface area contributed by atoms with E-state index in [-0.39, 0.29) is 24.5 Å². The Bertz CT molecular complexity index is 964. The van der Waals surface area contributed by atoms with Gasteiger partial charge >= 0.3 is 5.97 Å². The van der Waals surface area contributed by atoms with Gasteiger partial charge in [0.2, 0.25) is 0 Å². The maximum Gasteiger partial charge on any atom is 0.308 e. The largest absolute Gasteiger partial charge is 0.484 e. The van der Waals surface area contributed by atoms with Crippen molar-refractivity contribution in [1.29, 1.82) is 0 Å². The molecule has 2 aromatic rings. The van der Waals surface area contributed by atoms with E-state index in [0.717, 1.165) is 11.1 Å². The zero-order valence-corrected chi connectivity index (χ0v) is 18.1. The van der Waals surface area contributed by atoms with Gasteiger partial charge < -0.3 is 19.7 Å². The lowest BCUT2D eigenvalue weighted by Crippen LogP contribution is -2.47. The number of benzene rings is 2. The quantitative estimate of drug-likeness (QED) is 0.569. The summed E-state index contributed by atoms with van der Waals surface area (Å²) in [6, 6.07) is 12.4. The van der Waals surface area contributed by atoms with Gasteiger partial charge in [0.25, 0.3) is 11.8 Å². The van der Waals surface area contributed by atoms with E-state index in [4.69, 9.17) is 9.47 Å². The Kier molecular flexibility index (Phi) is 7.28. The minimum atomic E-state index is -0.428. The van der Waals surface area contributed by atoms with Crippen LogP contribution in [0.3, 0.4) is 0 Å². The molecule has 3 rings (SSSR count). The fraction of sp³-hybridized carbons (Fsp3) is 0.375. The summed E-state index contributed by atoms with van der Waals surface area (Å²) in [5, 5.41) is 2.99. The first-order chi connectivity index (χ1) is 14.8. The van der Waals surface area contributed by atoms with Gasteiger partial charge in [-0.1, -0.05) is 23.8 Å². The van der Waals surface area contributed by atoms with Crippen LogP contribution in [0.1, 0.15) is 41.3 Å². The van der Waals surface area contributed by atoms with Crippen molar-refractivity contribution in [3.63, 3.8) is 0 Å². The molecule has 0 bridgehead atoms. The van der Waals surface area contributed by atoms with E-state index in [2.05, 4.69) is 5.32 Å². The van der Waals surface area contributed by atoms with Crippen LogP contribution in [0.4, 0.5) is 0 Å². The summed E-state index contributed by atoms with van der Waals surface area (Å²) in [5.41, 5.74) is 2.62. The number of ether oxygens (including phenoxy) is 2. The highest BCUT2D eigenvalue weighted by molar-refractivity contribution is 5.94. The van der Waals surface area contributed by atoms with Crippen LogP contribution in [-0.4, -0.2) is 48.4 Å². The summed E-state index contributed by atoms with van der Waals surface area (Å²) in [4.78, 5) is 37.9. The number of carbonyl (C=O) groups excluding carboxylic acids is 3. The first kappa shape index (κ1) is 22.3. The predicted molar refractivity (Wildman–Crippen MR) is 116 cm³/mol. The highest BCUT2D eigenvalue weighted by Crippen LogP contribution is 2.20. The molecule has 1 aliphatic rings. The van der Waals surface area contributed by atoms with Crippen molar-refractivity contribution in [2.75, 3.05) is 19.7 Å². The maximum absolute atomic E-state index is 12.8. The molecule has 0 atom stereocenters. The van der Waals surface area contributed by atoms with E-state index in [1.165, 1.54) is 6.92 Å². The fourth-order valence-corrected chi connectivity index (χ4v) is 3.64. The lowest BCUT2D eigenvalue weighted by molar-refractivity contribution is -0.132. The highest BCUT2D eigenvalue weighted by Gasteiger charge is 2.25. The number of carbonyl (C=O) groups is 3. The number of hydrogen-bond acceptors (Lipinski definition) is 5. The predicted octanol–water partition coefficient (Wildman–Crippen LogP) is 3.03. The molecule has 164 valence electrons. The molecule has 0 aromatic heterocycles. The first-order valence-corrected chi connectivity index (χ1v) is 10.4. The van der Waals surface area contributed by atoms with Gasteiger partial charge in [-0.05, 0) is 56.5 Å². The Morgan fingerprint density at radius 2 is 1.81 bits per heavy atom. The Morgan fingerprint density at radius 3 is 2.48 bits per heavy atom. The van der Waals surface area contributed by atoms with Crippen molar-refractivity contribution in [1.82, 2.24) is 10.2 Å². The number of amides is 2. The molecule has 1 saturated heterocycles. The topological polar surface area (TPSA) is 84.9 Å². The third-order valence-corrected chi connectivity index (χ3v) is 5.18. The molecule has 0 spiro atoms. The van der Waals surface area contributed by atoms with Crippen LogP contribution in [0, 0.1) is 13.8 Å². The van der Waals surface area contributed by atoms with Gasteiger partial charge in [-0.25, -0.2) is 0 Å². The SMILES string of the molecule is CC(=O)Oc1cccc(C(=O)N2CCC(NC(=O)COc3ccc(C)cc3C)CC2)c1. The first-order valence-electron chi connectivity index (χ1n) is 10.4. The molecule has 0 unspecified atom stereocenters. The van der Waals surface area contributed by atoms with Gasteiger partial charge in [-0.2, -0.15) is 0 Å². The minimum Gasteiger partial charge on any atom is -0.484 e. The Labute approximate surface area is 182 Å². The summed E-state index contributed by atoms with van der Waals surface area (Å²) >= 11 is 0. The van der Waals surface area contributed by atoms with Crippen molar-refractivity contribution in [3.8, 4) is 11.5 Å². The normalized spacial score (nSPS) is 14.1. The monoisotopic (exact) mass is 424 g/mol. The van der Waals surface area contributed by atoms with Crippen molar-refractivity contribution < 1.29 is 23.9 Å². The Morgan fingerprint density at radius 1 is 1.06 bits per heavy atom. The van der Waals surface area contributed by atoms with Crippen molar-refractivity contribution >= 4 is 17.8 Å². The second-order valence-corrected chi connectivity index (χ2v) is 7.81. The second-order valence-electron chi connectivity index (χ2n) is 7.81. The zero-order chi connectivity index (χ0) is 22.4. The summed E-state index contributed by atoms with van der Waals surface area (Å²) < 4.78 is 10.7. The highest BCUT2D eigenvalue weighted by atomic mass is 16.5. The smallest absolute Gasteiger partial charge is 0.308 e. The molecule has 31 heavy (non-hydrogen) atoms. The van der Waals surface area contributed by atoms with Crippen LogP contribution in [0.15, 0.2) is 42.5 Å². The molecule has 1 N–H and O–H groups in total. The van der Waals surface area contributed by atoms with Gasteiger partial charge in [-0.15, -0.1) is 0 Å². The van der Waals surface area contributed by atoms with Crippen molar-refractivity contribution in [2.45, 2.75) is 39.7 Å². The molecule has 0 aliphatic carbocycles. The third-order valence-electron chi connectivity index (χ3n) is 5.18. The van der Waals surface area contributed by atoms with Crippen LogP contribution >= 0.6 is 0 Å². The number of rotatable bonds is 6. The van der Waals surface area contributed by atoms with Crippen molar-refractivity contribution in [2.24, 2.45) is 0 Å². The molecular weight excluding hydrogens is 396 g/mol. The standard InChI is InChI=1S/C24H28N2O5/c1-16-7-8-22(17(2)13-16)30-15-23(28)25-20-9-11-26(12-10-20)24(29)19-5-4-6-21(14-19)31-18(3)27/h4-8,13-14,20H,9-12,15H2,1-3H3,(H,25,28). The number of hydrogen-bond donors (Lipinski definition) is 1. The fourth-order valence-electron chi connectivity index (χ4n) is 3.64. The van der Waals surface area contributed by atoms with E-state index in [1.54, 1.807) is 29.2 Å². The van der Waals surface area contributed by atoms with Gasteiger partial charge in [0, 0.05) is 31.6 Å². The molecule has 7 nitrogen and oxygen atoms in total.